The Labute approximate surface area is 162 Å². The van der Waals surface area contributed by atoms with Crippen molar-refractivity contribution >= 4 is 29.4 Å². The number of thioether (sulfide) groups is 1. The maximum Gasteiger partial charge on any atom is 0.321 e. The zero-order valence-electron chi connectivity index (χ0n) is 15.6. The minimum atomic E-state index is -0.798. The lowest BCUT2D eigenvalue weighted by Crippen LogP contribution is -2.54. The fourth-order valence-corrected chi connectivity index (χ4v) is 5.15. The van der Waals surface area contributed by atoms with Crippen LogP contribution in [0.3, 0.4) is 0 Å². The van der Waals surface area contributed by atoms with Crippen LogP contribution in [0.4, 0.5) is 19.3 Å². The third kappa shape index (κ3) is 4.36. The summed E-state index contributed by atoms with van der Waals surface area (Å²) in [5.74, 6) is -0.0713. The van der Waals surface area contributed by atoms with Crippen molar-refractivity contribution in [3.05, 3.63) is 29.8 Å². The lowest BCUT2D eigenvalue weighted by molar-refractivity contribution is -0.135. The number of carbonyl (C=O) groups is 2. The van der Waals surface area contributed by atoms with Crippen LogP contribution in [-0.4, -0.2) is 52.0 Å². The fraction of sp³-hybridized carbons (Fsp3) is 0.579. The number of benzene rings is 1. The number of rotatable bonds is 3. The highest BCUT2D eigenvalue weighted by molar-refractivity contribution is 8.00. The molecule has 5 nitrogen and oxygen atoms in total. The van der Waals surface area contributed by atoms with Crippen LogP contribution < -0.4 is 5.32 Å². The Morgan fingerprint density at radius 3 is 2.56 bits per heavy atom. The number of nitrogens with zero attached hydrogens (tertiary/aromatic N) is 2. The van der Waals surface area contributed by atoms with Gasteiger partial charge in [0.2, 0.25) is 5.91 Å². The number of nitrogens with one attached hydrogen (secondary N) is 1. The Hall–Kier alpha value is -1.83. The molecule has 0 unspecified atom stereocenters. The summed E-state index contributed by atoms with van der Waals surface area (Å²) in [7, 11) is 0. The van der Waals surface area contributed by atoms with Gasteiger partial charge in [-0.1, -0.05) is 13.8 Å². The Morgan fingerprint density at radius 2 is 1.93 bits per heavy atom. The van der Waals surface area contributed by atoms with Crippen LogP contribution in [0.15, 0.2) is 18.2 Å². The van der Waals surface area contributed by atoms with E-state index in [4.69, 9.17) is 0 Å². The third-order valence-electron chi connectivity index (χ3n) is 5.07. The molecule has 3 amide bonds. The minimum Gasteiger partial charge on any atom is -0.327 e. The predicted molar refractivity (Wildman–Crippen MR) is 103 cm³/mol. The van der Waals surface area contributed by atoms with E-state index in [1.165, 1.54) is 6.07 Å². The van der Waals surface area contributed by atoms with E-state index < -0.39 is 17.7 Å². The molecule has 2 aliphatic heterocycles. The third-order valence-corrected chi connectivity index (χ3v) is 6.62. The van der Waals surface area contributed by atoms with Gasteiger partial charge >= 0.3 is 6.03 Å². The summed E-state index contributed by atoms with van der Waals surface area (Å²) in [4.78, 5) is 28.4. The van der Waals surface area contributed by atoms with Crippen LogP contribution in [0.1, 0.15) is 33.1 Å². The second-order valence-electron chi connectivity index (χ2n) is 7.48. The van der Waals surface area contributed by atoms with Crippen LogP contribution >= 0.6 is 11.8 Å². The number of piperidine rings is 1. The van der Waals surface area contributed by atoms with Gasteiger partial charge in [0.1, 0.15) is 11.6 Å². The molecule has 0 radical (unpaired) electrons. The second-order valence-corrected chi connectivity index (χ2v) is 8.94. The molecule has 27 heavy (non-hydrogen) atoms. The van der Waals surface area contributed by atoms with Gasteiger partial charge in [0.05, 0.1) is 10.6 Å². The van der Waals surface area contributed by atoms with E-state index in [-0.39, 0.29) is 16.5 Å². The number of anilines is 1. The summed E-state index contributed by atoms with van der Waals surface area (Å²) in [5.41, 5.74) is -0.0364. The Kier molecular flexibility index (Phi) is 5.93. The van der Waals surface area contributed by atoms with Crippen LogP contribution in [0, 0.1) is 17.6 Å². The second kappa shape index (κ2) is 8.04. The van der Waals surface area contributed by atoms with Gasteiger partial charge in [-0.3, -0.25) is 4.79 Å². The van der Waals surface area contributed by atoms with Crippen molar-refractivity contribution in [1.29, 1.82) is 0 Å². The van der Waals surface area contributed by atoms with Crippen molar-refractivity contribution in [2.45, 2.75) is 38.0 Å². The first-order valence-electron chi connectivity index (χ1n) is 9.26. The van der Waals surface area contributed by atoms with Gasteiger partial charge in [0.25, 0.3) is 0 Å². The highest BCUT2D eigenvalue weighted by Crippen LogP contribution is 2.44. The zero-order valence-corrected chi connectivity index (χ0v) is 16.5. The van der Waals surface area contributed by atoms with Crippen LogP contribution in [0.2, 0.25) is 0 Å². The van der Waals surface area contributed by atoms with Crippen molar-refractivity contribution in [2.24, 2.45) is 5.92 Å². The van der Waals surface area contributed by atoms with E-state index in [2.05, 4.69) is 5.32 Å². The molecule has 2 aliphatic rings. The summed E-state index contributed by atoms with van der Waals surface area (Å²) in [6.07, 6.45) is 1.93. The molecule has 2 heterocycles. The Balaban J connectivity index is 1.60. The van der Waals surface area contributed by atoms with Crippen molar-refractivity contribution in [3.8, 4) is 0 Å². The molecule has 0 aliphatic carbocycles. The topological polar surface area (TPSA) is 52.7 Å². The minimum absolute atomic E-state index is 0.0364. The van der Waals surface area contributed by atoms with E-state index in [0.717, 1.165) is 24.4 Å². The highest BCUT2D eigenvalue weighted by atomic mass is 32.2. The number of hydrogen-bond acceptors (Lipinski definition) is 3. The largest absolute Gasteiger partial charge is 0.327 e. The molecule has 1 aromatic rings. The number of carbonyl (C=O) groups excluding carboxylic acids is 2. The van der Waals surface area contributed by atoms with Gasteiger partial charge in [-0.05, 0) is 30.9 Å². The van der Waals surface area contributed by atoms with Gasteiger partial charge in [-0.2, -0.15) is 0 Å². The SMILES string of the molecule is CC(C)CC(=O)N1CCSC12CCN(C(=O)Nc1ccc(F)cc1F)CC2. The number of amides is 3. The van der Waals surface area contributed by atoms with Crippen molar-refractivity contribution in [3.63, 3.8) is 0 Å². The molecular formula is C19H25F2N3O2S. The van der Waals surface area contributed by atoms with E-state index >= 15 is 0 Å². The molecule has 1 aromatic carbocycles. The molecule has 148 valence electrons. The molecule has 2 saturated heterocycles. The van der Waals surface area contributed by atoms with Gasteiger partial charge < -0.3 is 15.1 Å². The lowest BCUT2D eigenvalue weighted by Gasteiger charge is -2.44. The first-order chi connectivity index (χ1) is 12.8. The monoisotopic (exact) mass is 397 g/mol. The molecular weight excluding hydrogens is 372 g/mol. The summed E-state index contributed by atoms with van der Waals surface area (Å²) in [5, 5.41) is 2.50. The molecule has 1 N–H and O–H groups in total. The summed E-state index contributed by atoms with van der Waals surface area (Å²) >= 11 is 1.80. The van der Waals surface area contributed by atoms with Crippen molar-refractivity contribution in [1.82, 2.24) is 9.80 Å². The van der Waals surface area contributed by atoms with Crippen LogP contribution in [-0.2, 0) is 4.79 Å². The van der Waals surface area contributed by atoms with E-state index in [1.54, 1.807) is 16.7 Å². The molecule has 1 spiro atoms. The molecule has 2 fully saturated rings. The van der Waals surface area contributed by atoms with E-state index in [9.17, 15) is 18.4 Å². The quantitative estimate of drug-likeness (QED) is 0.841. The smallest absolute Gasteiger partial charge is 0.321 e. The summed E-state index contributed by atoms with van der Waals surface area (Å²) in [6.45, 7) is 5.81. The molecule has 0 saturated carbocycles. The summed E-state index contributed by atoms with van der Waals surface area (Å²) in [6, 6.07) is 2.66. The number of likely N-dealkylation sites (tertiary alicyclic amines) is 1. The molecule has 8 heteroatoms. The van der Waals surface area contributed by atoms with Gasteiger partial charge in [-0.15, -0.1) is 11.8 Å². The van der Waals surface area contributed by atoms with Crippen molar-refractivity contribution in [2.75, 3.05) is 30.7 Å². The molecule has 0 bridgehead atoms. The molecule has 0 atom stereocenters. The predicted octanol–water partition coefficient (Wildman–Crippen LogP) is 3.91. The lowest BCUT2D eigenvalue weighted by atomic mass is 10.0. The van der Waals surface area contributed by atoms with Gasteiger partial charge in [-0.25, -0.2) is 13.6 Å². The fourth-order valence-electron chi connectivity index (χ4n) is 3.68. The highest BCUT2D eigenvalue weighted by Gasteiger charge is 2.46. The first kappa shape index (κ1) is 19.9. The Bertz CT molecular complexity index is 721. The number of hydrogen-bond donors (Lipinski definition) is 1. The van der Waals surface area contributed by atoms with Crippen LogP contribution in [0.5, 0.6) is 0 Å². The van der Waals surface area contributed by atoms with E-state index in [0.29, 0.717) is 38.3 Å². The van der Waals surface area contributed by atoms with Gasteiger partial charge in [0.15, 0.2) is 0 Å². The standard InChI is InChI=1S/C19H25F2N3O2S/c1-13(2)11-17(25)24-9-10-27-19(24)5-7-23(8-6-19)18(26)22-16-4-3-14(20)12-15(16)21/h3-4,12-13H,5-11H2,1-2H3,(H,22,26). The molecule has 0 aromatic heterocycles. The average molecular weight is 397 g/mol. The molecule has 3 rings (SSSR count). The maximum absolute atomic E-state index is 13.7. The van der Waals surface area contributed by atoms with Crippen LogP contribution in [0.25, 0.3) is 0 Å². The Morgan fingerprint density at radius 1 is 1.22 bits per heavy atom. The zero-order chi connectivity index (χ0) is 19.6. The normalized spacial score (nSPS) is 19.0. The van der Waals surface area contributed by atoms with Crippen molar-refractivity contribution < 1.29 is 18.4 Å². The summed E-state index contributed by atoms with van der Waals surface area (Å²) < 4.78 is 26.7. The first-order valence-corrected chi connectivity index (χ1v) is 10.2. The maximum atomic E-state index is 13.7. The van der Waals surface area contributed by atoms with Gasteiger partial charge in [0, 0.05) is 37.9 Å². The average Bonchev–Trinajstić information content (AvgIpc) is 3.00. The number of urea groups is 1. The van der Waals surface area contributed by atoms with E-state index in [1.807, 2.05) is 18.7 Å². The number of halogens is 2.